The highest BCUT2D eigenvalue weighted by molar-refractivity contribution is 6.36. The fraction of sp³-hybridized carbons (Fsp3) is 0.333. The van der Waals surface area contributed by atoms with E-state index < -0.39 is 12.8 Å². The molecule has 18 heavy (non-hydrogen) atoms. The van der Waals surface area contributed by atoms with Gasteiger partial charge in [-0.25, -0.2) is 0 Å². The molecule has 0 spiro atoms. The van der Waals surface area contributed by atoms with Crippen LogP contribution in [0.3, 0.4) is 0 Å². The number of halogens is 5. The van der Waals surface area contributed by atoms with Crippen LogP contribution in [0.2, 0.25) is 10.0 Å². The summed E-state index contributed by atoms with van der Waals surface area (Å²) in [5.41, 5.74) is 5.47. The van der Waals surface area contributed by atoms with Gasteiger partial charge in [0.15, 0.2) is 0 Å². The van der Waals surface area contributed by atoms with Crippen molar-refractivity contribution in [2.45, 2.75) is 6.18 Å². The van der Waals surface area contributed by atoms with E-state index in [1.807, 2.05) is 0 Å². The number of pyridine rings is 1. The molecule has 0 aliphatic carbocycles. The Morgan fingerprint density at radius 2 is 2.11 bits per heavy atom. The van der Waals surface area contributed by atoms with E-state index in [-0.39, 0.29) is 28.0 Å². The molecule has 0 aliphatic heterocycles. The van der Waals surface area contributed by atoms with Gasteiger partial charge in [0.1, 0.15) is 11.4 Å². The molecule has 2 N–H and O–H groups in total. The summed E-state index contributed by atoms with van der Waals surface area (Å²) < 4.78 is 35.6. The van der Waals surface area contributed by atoms with Gasteiger partial charge in [0.05, 0.1) is 10.0 Å². The Kier molecular flexibility index (Phi) is 5.18. The fourth-order valence-electron chi connectivity index (χ4n) is 0.987. The first kappa shape index (κ1) is 15.0. The number of hydrogen-bond donors (Lipinski definition) is 1. The van der Waals surface area contributed by atoms with Crippen molar-refractivity contribution < 1.29 is 18.0 Å². The van der Waals surface area contributed by atoms with Gasteiger partial charge in [0.25, 0.3) is 0 Å². The second kappa shape index (κ2) is 6.21. The molecular formula is C9H8Cl2F3N3O. The minimum Gasteiger partial charge on any atom is -0.386 e. The SMILES string of the molecule is NCC(=NOCC(F)(F)F)c1ncc(Cl)cc1Cl. The average Bonchev–Trinajstić information content (AvgIpc) is 2.24. The highest BCUT2D eigenvalue weighted by Crippen LogP contribution is 2.19. The van der Waals surface area contributed by atoms with Crippen LogP contribution in [-0.2, 0) is 4.84 Å². The van der Waals surface area contributed by atoms with E-state index >= 15 is 0 Å². The summed E-state index contributed by atoms with van der Waals surface area (Å²) in [6.07, 6.45) is -3.20. The molecule has 0 aromatic carbocycles. The molecule has 1 aromatic rings. The van der Waals surface area contributed by atoms with Crippen molar-refractivity contribution in [2.24, 2.45) is 10.9 Å². The average molecular weight is 302 g/mol. The maximum Gasteiger partial charge on any atom is 0.425 e. The van der Waals surface area contributed by atoms with Gasteiger partial charge >= 0.3 is 6.18 Å². The maximum absolute atomic E-state index is 11.9. The zero-order chi connectivity index (χ0) is 13.8. The van der Waals surface area contributed by atoms with Gasteiger partial charge in [-0.05, 0) is 6.07 Å². The van der Waals surface area contributed by atoms with Crippen LogP contribution in [0.1, 0.15) is 5.69 Å². The van der Waals surface area contributed by atoms with Gasteiger partial charge < -0.3 is 10.6 Å². The van der Waals surface area contributed by atoms with Crippen molar-refractivity contribution in [3.63, 3.8) is 0 Å². The molecule has 0 amide bonds. The van der Waals surface area contributed by atoms with E-state index in [9.17, 15) is 13.2 Å². The standard InChI is InChI=1S/C9H8Cl2F3N3O/c10-5-1-6(11)8(16-3-5)7(2-15)17-18-4-9(12,13)14/h1,3H,2,4,15H2. The molecule has 0 atom stereocenters. The Labute approximate surface area is 111 Å². The third-order valence-corrected chi connectivity index (χ3v) is 2.17. The van der Waals surface area contributed by atoms with Crippen LogP contribution >= 0.6 is 23.2 Å². The van der Waals surface area contributed by atoms with Crippen LogP contribution < -0.4 is 5.73 Å². The zero-order valence-electron chi connectivity index (χ0n) is 8.84. The number of aromatic nitrogens is 1. The van der Waals surface area contributed by atoms with Crippen molar-refractivity contribution in [3.8, 4) is 0 Å². The molecule has 1 heterocycles. The number of oxime groups is 1. The molecule has 9 heteroatoms. The molecule has 0 saturated heterocycles. The smallest absolute Gasteiger partial charge is 0.386 e. The van der Waals surface area contributed by atoms with Crippen LogP contribution in [0.4, 0.5) is 13.2 Å². The molecule has 0 fully saturated rings. The van der Waals surface area contributed by atoms with Gasteiger partial charge in [-0.3, -0.25) is 4.98 Å². The molecule has 0 unspecified atom stereocenters. The molecule has 1 rings (SSSR count). The third-order valence-electron chi connectivity index (χ3n) is 1.68. The summed E-state index contributed by atoms with van der Waals surface area (Å²) >= 11 is 11.4. The van der Waals surface area contributed by atoms with Gasteiger partial charge in [0.2, 0.25) is 6.61 Å². The van der Waals surface area contributed by atoms with E-state index in [0.29, 0.717) is 0 Å². The van der Waals surface area contributed by atoms with Crippen molar-refractivity contribution in [1.29, 1.82) is 0 Å². The van der Waals surface area contributed by atoms with Crippen LogP contribution in [-0.4, -0.2) is 30.0 Å². The van der Waals surface area contributed by atoms with Crippen LogP contribution in [0, 0.1) is 0 Å². The van der Waals surface area contributed by atoms with Crippen LogP contribution in [0.5, 0.6) is 0 Å². The minimum absolute atomic E-state index is 0.000849. The highest BCUT2D eigenvalue weighted by atomic mass is 35.5. The highest BCUT2D eigenvalue weighted by Gasteiger charge is 2.28. The predicted molar refractivity (Wildman–Crippen MR) is 61.9 cm³/mol. The molecule has 0 bridgehead atoms. The lowest BCUT2D eigenvalue weighted by molar-refractivity contribution is -0.173. The lowest BCUT2D eigenvalue weighted by Gasteiger charge is -2.07. The van der Waals surface area contributed by atoms with Gasteiger partial charge in [-0.2, -0.15) is 13.2 Å². The Hall–Kier alpha value is -1.05. The summed E-state index contributed by atoms with van der Waals surface area (Å²) in [5.74, 6) is 0. The number of nitrogens with zero attached hydrogens (tertiary/aromatic N) is 2. The molecule has 1 aromatic heterocycles. The molecule has 100 valence electrons. The summed E-state index contributed by atoms with van der Waals surface area (Å²) in [6.45, 7) is -1.69. The molecule has 0 radical (unpaired) electrons. The van der Waals surface area contributed by atoms with E-state index in [0.717, 1.165) is 0 Å². The summed E-state index contributed by atoms with van der Waals surface area (Å²) in [4.78, 5) is 7.97. The largest absolute Gasteiger partial charge is 0.425 e. The van der Waals surface area contributed by atoms with E-state index in [1.54, 1.807) is 0 Å². The molecule has 4 nitrogen and oxygen atoms in total. The summed E-state index contributed by atoms with van der Waals surface area (Å²) in [5, 5.41) is 3.69. The summed E-state index contributed by atoms with van der Waals surface area (Å²) in [6, 6.07) is 1.38. The predicted octanol–water partition coefficient (Wildman–Crippen LogP) is 2.63. The Bertz CT molecular complexity index is 451. The fourth-order valence-corrected chi connectivity index (χ4v) is 1.48. The lowest BCUT2D eigenvalue weighted by Crippen LogP contribution is -2.20. The van der Waals surface area contributed by atoms with E-state index in [1.165, 1.54) is 12.3 Å². The number of nitrogens with two attached hydrogens (primary N) is 1. The van der Waals surface area contributed by atoms with Crippen molar-refractivity contribution >= 4 is 28.9 Å². The van der Waals surface area contributed by atoms with Crippen LogP contribution in [0.25, 0.3) is 0 Å². The molecular weight excluding hydrogens is 294 g/mol. The van der Waals surface area contributed by atoms with Crippen molar-refractivity contribution in [3.05, 3.63) is 28.0 Å². The van der Waals surface area contributed by atoms with Gasteiger partial charge in [-0.15, -0.1) is 0 Å². The Morgan fingerprint density at radius 3 is 2.61 bits per heavy atom. The van der Waals surface area contributed by atoms with E-state index in [2.05, 4.69) is 15.0 Å². The van der Waals surface area contributed by atoms with Crippen molar-refractivity contribution in [2.75, 3.05) is 13.2 Å². The lowest BCUT2D eigenvalue weighted by atomic mass is 10.2. The third kappa shape index (κ3) is 4.67. The molecule has 0 saturated carbocycles. The number of hydrogen-bond acceptors (Lipinski definition) is 4. The minimum atomic E-state index is -4.47. The Balaban J connectivity index is 2.85. The zero-order valence-corrected chi connectivity index (χ0v) is 10.4. The van der Waals surface area contributed by atoms with Gasteiger partial charge in [-0.1, -0.05) is 28.4 Å². The first-order valence-corrected chi connectivity index (χ1v) is 5.36. The second-order valence-electron chi connectivity index (χ2n) is 3.11. The number of alkyl halides is 3. The van der Waals surface area contributed by atoms with Crippen LogP contribution in [0.15, 0.2) is 17.4 Å². The normalized spacial score (nSPS) is 12.7. The Morgan fingerprint density at radius 1 is 1.44 bits per heavy atom. The first-order valence-electron chi connectivity index (χ1n) is 4.60. The van der Waals surface area contributed by atoms with Gasteiger partial charge in [0, 0.05) is 12.7 Å². The molecule has 0 aliphatic rings. The number of rotatable bonds is 4. The van der Waals surface area contributed by atoms with Crippen molar-refractivity contribution in [1.82, 2.24) is 4.98 Å². The summed E-state index contributed by atoms with van der Waals surface area (Å²) in [7, 11) is 0. The topological polar surface area (TPSA) is 60.5 Å². The monoisotopic (exact) mass is 301 g/mol. The van der Waals surface area contributed by atoms with E-state index in [4.69, 9.17) is 28.9 Å². The second-order valence-corrected chi connectivity index (χ2v) is 3.96. The maximum atomic E-state index is 11.9. The quantitative estimate of drug-likeness (QED) is 0.687. The first-order chi connectivity index (χ1) is 8.33.